The molecule has 1 heterocycles. The highest BCUT2D eigenvalue weighted by molar-refractivity contribution is 5.82. The molecule has 132 valence electrons. The Balaban J connectivity index is 1.77. The topological polar surface area (TPSA) is 49.9 Å². The normalized spacial score (nSPS) is 26.2. The molecule has 5 heteroatoms. The first-order chi connectivity index (χ1) is 10.6. The largest absolute Gasteiger partial charge is 0.444 e. The molecule has 0 spiro atoms. The first-order valence-electron chi connectivity index (χ1n) is 8.79. The molecule has 1 amide bonds. The quantitative estimate of drug-likeness (QED) is 0.783. The van der Waals surface area contributed by atoms with Crippen LogP contribution in [-0.2, 0) is 9.53 Å². The molecule has 0 radical (unpaired) electrons. The highest BCUT2D eigenvalue weighted by Crippen LogP contribution is 2.36. The molecule has 1 saturated carbocycles. The van der Waals surface area contributed by atoms with E-state index in [2.05, 4.69) is 18.7 Å². The van der Waals surface area contributed by atoms with E-state index in [-0.39, 0.29) is 17.4 Å². The molecule has 2 rings (SSSR count). The fourth-order valence-electron chi connectivity index (χ4n) is 3.37. The van der Waals surface area contributed by atoms with Gasteiger partial charge in [-0.3, -0.25) is 9.69 Å². The highest BCUT2D eigenvalue weighted by atomic mass is 16.6. The Morgan fingerprint density at radius 3 is 2.35 bits per heavy atom. The van der Waals surface area contributed by atoms with Crippen molar-refractivity contribution in [1.82, 2.24) is 9.80 Å². The van der Waals surface area contributed by atoms with Crippen molar-refractivity contribution >= 4 is 11.9 Å². The molecule has 5 nitrogen and oxygen atoms in total. The predicted octanol–water partition coefficient (Wildman–Crippen LogP) is 2.93. The lowest BCUT2D eigenvalue weighted by atomic mass is 9.72. The Bertz CT molecular complexity index is 446. The third-order valence-corrected chi connectivity index (χ3v) is 4.78. The maximum atomic E-state index is 12.3. The monoisotopic (exact) mass is 324 g/mol. The second kappa shape index (κ2) is 6.80. The fraction of sp³-hybridized carbons (Fsp3) is 0.889. The number of carbonyl (C=O) groups excluding carboxylic acids is 2. The Hall–Kier alpha value is -1.10. The number of nitrogens with zero attached hydrogens (tertiary/aromatic N) is 2. The first kappa shape index (κ1) is 18.2. The van der Waals surface area contributed by atoms with Gasteiger partial charge in [-0.1, -0.05) is 13.8 Å². The molecule has 0 aromatic carbocycles. The summed E-state index contributed by atoms with van der Waals surface area (Å²) in [6, 6.07) is 0. The van der Waals surface area contributed by atoms with Crippen LogP contribution in [0.4, 0.5) is 4.79 Å². The first-order valence-corrected chi connectivity index (χ1v) is 8.79. The van der Waals surface area contributed by atoms with E-state index in [0.29, 0.717) is 25.3 Å². The molecule has 1 saturated heterocycles. The summed E-state index contributed by atoms with van der Waals surface area (Å²) in [5.74, 6) is 0.590. The average Bonchev–Trinajstić information content (AvgIpc) is 2.40. The van der Waals surface area contributed by atoms with E-state index in [4.69, 9.17) is 4.74 Å². The van der Waals surface area contributed by atoms with Crippen molar-refractivity contribution in [1.29, 1.82) is 0 Å². The van der Waals surface area contributed by atoms with Crippen LogP contribution in [0.2, 0.25) is 0 Å². The molecule has 2 fully saturated rings. The molecule has 0 aromatic heterocycles. The SMILES string of the molecule is CC1(C)CCC(CN2CCN(C(=O)OC(C)(C)C)CC2)C(=O)C1. The number of Topliss-reactive ketones (excluding diaryl/α,β-unsaturated/α-hetero) is 1. The van der Waals surface area contributed by atoms with Crippen LogP contribution in [-0.4, -0.2) is 60.0 Å². The van der Waals surface area contributed by atoms with Gasteiger partial charge in [0.25, 0.3) is 0 Å². The smallest absolute Gasteiger partial charge is 0.410 e. The minimum atomic E-state index is -0.449. The average molecular weight is 324 g/mol. The summed E-state index contributed by atoms with van der Waals surface area (Å²) in [5, 5.41) is 0. The van der Waals surface area contributed by atoms with E-state index in [9.17, 15) is 9.59 Å². The zero-order valence-electron chi connectivity index (χ0n) is 15.4. The molecule has 0 bridgehead atoms. The number of hydrogen-bond donors (Lipinski definition) is 0. The van der Waals surface area contributed by atoms with Gasteiger partial charge in [0.15, 0.2) is 0 Å². The Morgan fingerprint density at radius 2 is 1.83 bits per heavy atom. The molecule has 1 aliphatic carbocycles. The molecule has 1 atom stereocenters. The van der Waals surface area contributed by atoms with Gasteiger partial charge in [0.05, 0.1) is 0 Å². The van der Waals surface area contributed by atoms with Crippen molar-refractivity contribution in [2.24, 2.45) is 11.3 Å². The van der Waals surface area contributed by atoms with Gasteiger partial charge in [-0.25, -0.2) is 4.79 Å². The summed E-state index contributed by atoms with van der Waals surface area (Å²) in [5.41, 5.74) is -0.279. The Kier molecular flexibility index (Phi) is 5.39. The summed E-state index contributed by atoms with van der Waals surface area (Å²) in [6.07, 6.45) is 2.60. The number of ether oxygens (including phenoxy) is 1. The van der Waals surface area contributed by atoms with Crippen LogP contribution in [0.3, 0.4) is 0 Å². The van der Waals surface area contributed by atoms with Crippen molar-refractivity contribution in [3.8, 4) is 0 Å². The maximum Gasteiger partial charge on any atom is 0.410 e. The van der Waals surface area contributed by atoms with Crippen molar-refractivity contribution in [2.75, 3.05) is 32.7 Å². The van der Waals surface area contributed by atoms with Gasteiger partial charge in [0, 0.05) is 45.1 Å². The third kappa shape index (κ3) is 5.48. The van der Waals surface area contributed by atoms with Crippen LogP contribution in [0.5, 0.6) is 0 Å². The zero-order valence-corrected chi connectivity index (χ0v) is 15.4. The van der Waals surface area contributed by atoms with E-state index < -0.39 is 5.60 Å². The second-order valence-electron chi connectivity index (χ2n) is 8.81. The number of ketones is 1. The Labute approximate surface area is 140 Å². The van der Waals surface area contributed by atoms with Gasteiger partial charge in [-0.15, -0.1) is 0 Å². The maximum absolute atomic E-state index is 12.3. The summed E-state index contributed by atoms with van der Waals surface area (Å²) in [4.78, 5) is 28.5. The predicted molar refractivity (Wildman–Crippen MR) is 90.4 cm³/mol. The van der Waals surface area contributed by atoms with Gasteiger partial charge in [-0.2, -0.15) is 0 Å². The van der Waals surface area contributed by atoms with Crippen LogP contribution in [0.25, 0.3) is 0 Å². The fourth-order valence-corrected chi connectivity index (χ4v) is 3.37. The van der Waals surface area contributed by atoms with Crippen LogP contribution < -0.4 is 0 Å². The molecule has 1 unspecified atom stereocenters. The van der Waals surface area contributed by atoms with Crippen LogP contribution >= 0.6 is 0 Å². The van der Waals surface area contributed by atoms with E-state index in [1.807, 2.05) is 20.8 Å². The molecule has 2 aliphatic rings. The van der Waals surface area contributed by atoms with Gasteiger partial charge in [-0.05, 0) is 39.0 Å². The number of piperazine rings is 1. The van der Waals surface area contributed by atoms with Crippen molar-refractivity contribution < 1.29 is 14.3 Å². The van der Waals surface area contributed by atoms with Crippen molar-refractivity contribution in [3.05, 3.63) is 0 Å². The van der Waals surface area contributed by atoms with E-state index in [1.54, 1.807) is 4.90 Å². The number of carbonyl (C=O) groups is 2. The summed E-state index contributed by atoms with van der Waals surface area (Å²) < 4.78 is 5.42. The number of hydrogen-bond acceptors (Lipinski definition) is 4. The molecule has 0 N–H and O–H groups in total. The lowest BCUT2D eigenvalue weighted by molar-refractivity contribution is -0.128. The second-order valence-corrected chi connectivity index (χ2v) is 8.81. The molecule has 0 aromatic rings. The van der Waals surface area contributed by atoms with Crippen LogP contribution in [0.15, 0.2) is 0 Å². The third-order valence-electron chi connectivity index (χ3n) is 4.78. The summed E-state index contributed by atoms with van der Waals surface area (Å²) >= 11 is 0. The molecule has 1 aliphatic heterocycles. The minimum Gasteiger partial charge on any atom is -0.444 e. The summed E-state index contributed by atoms with van der Waals surface area (Å²) in [7, 11) is 0. The van der Waals surface area contributed by atoms with E-state index >= 15 is 0 Å². The minimum absolute atomic E-state index is 0.170. The van der Waals surface area contributed by atoms with Crippen molar-refractivity contribution in [3.63, 3.8) is 0 Å². The van der Waals surface area contributed by atoms with E-state index in [0.717, 1.165) is 32.5 Å². The van der Waals surface area contributed by atoms with Crippen LogP contribution in [0, 0.1) is 11.3 Å². The van der Waals surface area contributed by atoms with Crippen molar-refractivity contribution in [2.45, 2.75) is 59.5 Å². The molecule has 23 heavy (non-hydrogen) atoms. The lowest BCUT2D eigenvalue weighted by Crippen LogP contribution is -2.51. The molecular weight excluding hydrogens is 292 g/mol. The van der Waals surface area contributed by atoms with E-state index in [1.165, 1.54) is 0 Å². The van der Waals surface area contributed by atoms with Gasteiger partial charge in [0.2, 0.25) is 0 Å². The Morgan fingerprint density at radius 1 is 1.22 bits per heavy atom. The lowest BCUT2D eigenvalue weighted by Gasteiger charge is -2.39. The van der Waals surface area contributed by atoms with Gasteiger partial charge in [0.1, 0.15) is 11.4 Å². The highest BCUT2D eigenvalue weighted by Gasteiger charge is 2.35. The number of amides is 1. The standard InChI is InChI=1S/C18H32N2O3/c1-17(2,3)23-16(22)20-10-8-19(9-11-20)13-14-6-7-18(4,5)12-15(14)21/h14H,6-13H2,1-5H3. The van der Waals surface area contributed by atoms with Gasteiger partial charge < -0.3 is 9.64 Å². The van der Waals surface area contributed by atoms with Gasteiger partial charge >= 0.3 is 6.09 Å². The van der Waals surface area contributed by atoms with Crippen LogP contribution in [0.1, 0.15) is 53.9 Å². The zero-order chi connectivity index (χ0) is 17.3. The summed E-state index contributed by atoms with van der Waals surface area (Å²) in [6.45, 7) is 13.9. The number of rotatable bonds is 2. The molecular formula is C18H32N2O3.